The van der Waals surface area contributed by atoms with Crippen molar-refractivity contribution in [3.63, 3.8) is 0 Å². The molecule has 0 aliphatic heterocycles. The second kappa shape index (κ2) is 8.90. The van der Waals surface area contributed by atoms with E-state index in [1.54, 1.807) is 36.0 Å². The van der Waals surface area contributed by atoms with Gasteiger partial charge in [-0.1, -0.05) is 5.16 Å². The van der Waals surface area contributed by atoms with Gasteiger partial charge >= 0.3 is 0 Å². The van der Waals surface area contributed by atoms with Crippen molar-refractivity contribution < 1.29 is 18.5 Å². The van der Waals surface area contributed by atoms with E-state index in [0.29, 0.717) is 33.8 Å². The lowest BCUT2D eigenvalue weighted by molar-refractivity contribution is -0.115. The molecular weight excluding hydrogens is 448 g/mol. The zero-order valence-corrected chi connectivity index (χ0v) is 19.3. The van der Waals surface area contributed by atoms with E-state index in [2.05, 4.69) is 25.9 Å². The lowest BCUT2D eigenvalue weighted by Crippen LogP contribution is -2.33. The van der Waals surface area contributed by atoms with Gasteiger partial charge in [-0.15, -0.1) is 0 Å². The Balaban J connectivity index is 1.31. The predicted octanol–water partition coefficient (Wildman–Crippen LogP) is 3.96. The number of furan rings is 1. The fourth-order valence-corrected chi connectivity index (χ4v) is 3.88. The Labute approximate surface area is 199 Å². The molecule has 0 fully saturated rings. The van der Waals surface area contributed by atoms with Gasteiger partial charge < -0.3 is 19.6 Å². The number of rotatable bonds is 6. The summed E-state index contributed by atoms with van der Waals surface area (Å²) in [5, 5.41) is 14.1. The lowest BCUT2D eigenvalue weighted by atomic mass is 10.1. The number of aromatic nitrogens is 4. The zero-order chi connectivity index (χ0) is 24.5. The Morgan fingerprint density at radius 2 is 1.89 bits per heavy atom. The third-order valence-electron chi connectivity index (χ3n) is 5.51. The number of hydrogen-bond acceptors (Lipinski definition) is 7. The standard InChI is InChI=1S/C25H22N6O4/c1-14-11-19(16(3)34-14)21-12-20(23-15(2)30-35-25(23)29-21)24(33)26-13-22(32)28-17-5-7-18(8-6-17)31-10-4-9-27-31/h4-12H,13H2,1-3H3,(H,26,33)(H,28,32). The van der Waals surface area contributed by atoms with Gasteiger partial charge in [-0.25, -0.2) is 9.67 Å². The van der Waals surface area contributed by atoms with Crippen molar-refractivity contribution in [3.05, 3.63) is 77.6 Å². The molecule has 5 aromatic rings. The van der Waals surface area contributed by atoms with E-state index in [-0.39, 0.29) is 18.2 Å². The third-order valence-corrected chi connectivity index (χ3v) is 5.51. The van der Waals surface area contributed by atoms with E-state index in [9.17, 15) is 9.59 Å². The molecule has 0 spiro atoms. The molecule has 0 aliphatic rings. The van der Waals surface area contributed by atoms with E-state index in [1.807, 2.05) is 44.3 Å². The van der Waals surface area contributed by atoms with Gasteiger partial charge in [-0.2, -0.15) is 5.10 Å². The van der Waals surface area contributed by atoms with Crippen LogP contribution in [0.5, 0.6) is 0 Å². The first-order valence-electron chi connectivity index (χ1n) is 10.9. The summed E-state index contributed by atoms with van der Waals surface area (Å²) in [6.45, 7) is 5.18. The number of carbonyl (C=O) groups excluding carboxylic acids is 2. The van der Waals surface area contributed by atoms with Crippen LogP contribution in [-0.2, 0) is 4.79 Å². The highest BCUT2D eigenvalue weighted by Gasteiger charge is 2.21. The van der Waals surface area contributed by atoms with Crippen molar-refractivity contribution in [2.45, 2.75) is 20.8 Å². The quantitative estimate of drug-likeness (QED) is 0.384. The summed E-state index contributed by atoms with van der Waals surface area (Å²) in [6.07, 6.45) is 3.52. The van der Waals surface area contributed by atoms with Gasteiger partial charge in [0.05, 0.1) is 34.6 Å². The smallest absolute Gasteiger partial charge is 0.259 e. The summed E-state index contributed by atoms with van der Waals surface area (Å²) in [5.74, 6) is 0.606. The number of carbonyl (C=O) groups is 2. The highest BCUT2D eigenvalue weighted by molar-refractivity contribution is 6.08. The second-order valence-corrected chi connectivity index (χ2v) is 8.06. The molecule has 4 heterocycles. The molecule has 0 saturated carbocycles. The molecule has 10 nitrogen and oxygen atoms in total. The normalized spacial score (nSPS) is 11.1. The number of benzene rings is 1. The first-order valence-corrected chi connectivity index (χ1v) is 10.9. The van der Waals surface area contributed by atoms with E-state index < -0.39 is 5.91 Å². The van der Waals surface area contributed by atoms with Crippen molar-refractivity contribution in [1.82, 2.24) is 25.2 Å². The summed E-state index contributed by atoms with van der Waals surface area (Å²) >= 11 is 0. The molecular formula is C25H22N6O4. The molecule has 0 bridgehead atoms. The average Bonchev–Trinajstić information content (AvgIpc) is 3.58. The Kier molecular flexibility index (Phi) is 5.61. The minimum Gasteiger partial charge on any atom is -0.466 e. The van der Waals surface area contributed by atoms with Crippen LogP contribution in [0.1, 0.15) is 27.6 Å². The lowest BCUT2D eigenvalue weighted by Gasteiger charge is -2.09. The van der Waals surface area contributed by atoms with Crippen LogP contribution in [0.2, 0.25) is 0 Å². The Morgan fingerprint density at radius 3 is 2.57 bits per heavy atom. The molecule has 2 N–H and O–H groups in total. The van der Waals surface area contributed by atoms with Gasteiger partial charge in [-0.3, -0.25) is 9.59 Å². The topological polar surface area (TPSA) is 128 Å². The van der Waals surface area contributed by atoms with Crippen molar-refractivity contribution >= 4 is 28.6 Å². The summed E-state index contributed by atoms with van der Waals surface area (Å²) in [6, 6.07) is 12.5. The number of aryl methyl sites for hydroxylation is 3. The number of pyridine rings is 1. The first kappa shape index (κ1) is 22.1. The predicted molar refractivity (Wildman–Crippen MR) is 128 cm³/mol. The largest absolute Gasteiger partial charge is 0.466 e. The maximum absolute atomic E-state index is 13.1. The summed E-state index contributed by atoms with van der Waals surface area (Å²) in [7, 11) is 0. The van der Waals surface area contributed by atoms with Crippen LogP contribution in [0.15, 0.2) is 63.8 Å². The van der Waals surface area contributed by atoms with Crippen molar-refractivity contribution in [2.75, 3.05) is 11.9 Å². The molecule has 0 atom stereocenters. The average molecular weight is 470 g/mol. The number of anilines is 1. The molecule has 0 radical (unpaired) electrons. The minimum absolute atomic E-state index is 0.215. The molecule has 0 aliphatic carbocycles. The van der Waals surface area contributed by atoms with Gasteiger partial charge in [0.2, 0.25) is 5.91 Å². The van der Waals surface area contributed by atoms with E-state index in [4.69, 9.17) is 8.94 Å². The van der Waals surface area contributed by atoms with Gasteiger partial charge in [0.25, 0.3) is 11.6 Å². The number of nitrogens with zero attached hydrogens (tertiary/aromatic N) is 4. The van der Waals surface area contributed by atoms with Crippen LogP contribution in [0.4, 0.5) is 5.69 Å². The van der Waals surface area contributed by atoms with E-state index in [1.165, 1.54) is 0 Å². The first-order chi connectivity index (χ1) is 16.9. The second-order valence-electron chi connectivity index (χ2n) is 8.06. The van der Waals surface area contributed by atoms with E-state index >= 15 is 0 Å². The highest BCUT2D eigenvalue weighted by atomic mass is 16.5. The van der Waals surface area contributed by atoms with Crippen molar-refractivity contribution in [3.8, 4) is 16.9 Å². The Morgan fingerprint density at radius 1 is 1.09 bits per heavy atom. The van der Waals surface area contributed by atoms with Gasteiger partial charge in [0.15, 0.2) is 0 Å². The summed E-state index contributed by atoms with van der Waals surface area (Å²) < 4.78 is 12.7. The molecule has 0 unspecified atom stereocenters. The fourth-order valence-electron chi connectivity index (χ4n) is 3.88. The monoisotopic (exact) mass is 470 g/mol. The zero-order valence-electron chi connectivity index (χ0n) is 19.3. The number of hydrogen-bond donors (Lipinski definition) is 2. The van der Waals surface area contributed by atoms with Crippen LogP contribution in [0, 0.1) is 20.8 Å². The minimum atomic E-state index is -0.438. The molecule has 1 aromatic carbocycles. The SMILES string of the molecule is Cc1cc(-c2cc(C(=O)NCC(=O)Nc3ccc(-n4cccn4)cc3)c3c(C)noc3n2)c(C)o1. The van der Waals surface area contributed by atoms with Gasteiger partial charge in [0.1, 0.15) is 11.5 Å². The van der Waals surface area contributed by atoms with Crippen LogP contribution in [0.3, 0.4) is 0 Å². The molecule has 5 rings (SSSR count). The fraction of sp³-hybridized carbons (Fsp3) is 0.160. The maximum Gasteiger partial charge on any atom is 0.259 e. The maximum atomic E-state index is 13.1. The Hall–Kier alpha value is -4.73. The molecule has 10 heteroatoms. The molecule has 4 aromatic heterocycles. The molecule has 0 saturated heterocycles. The number of amides is 2. The highest BCUT2D eigenvalue weighted by Crippen LogP contribution is 2.30. The molecule has 176 valence electrons. The third kappa shape index (κ3) is 4.41. The number of fused-ring (bicyclic) bond motifs is 1. The number of nitrogens with one attached hydrogen (secondary N) is 2. The van der Waals surface area contributed by atoms with Crippen LogP contribution in [0.25, 0.3) is 28.0 Å². The Bertz CT molecular complexity index is 1530. The van der Waals surface area contributed by atoms with E-state index in [0.717, 1.165) is 17.0 Å². The van der Waals surface area contributed by atoms with Crippen LogP contribution < -0.4 is 10.6 Å². The summed E-state index contributed by atoms with van der Waals surface area (Å²) in [4.78, 5) is 30.1. The van der Waals surface area contributed by atoms with Crippen molar-refractivity contribution in [1.29, 1.82) is 0 Å². The van der Waals surface area contributed by atoms with Crippen LogP contribution >= 0.6 is 0 Å². The molecule has 35 heavy (non-hydrogen) atoms. The van der Waals surface area contributed by atoms with Gasteiger partial charge in [-0.05, 0) is 63.2 Å². The molecule has 2 amide bonds. The van der Waals surface area contributed by atoms with Crippen molar-refractivity contribution in [2.24, 2.45) is 0 Å². The van der Waals surface area contributed by atoms with Crippen LogP contribution in [-0.4, -0.2) is 38.3 Å². The van der Waals surface area contributed by atoms with Gasteiger partial charge in [0, 0.05) is 23.6 Å². The summed E-state index contributed by atoms with van der Waals surface area (Å²) in [5.41, 5.74) is 3.84.